The summed E-state index contributed by atoms with van der Waals surface area (Å²) in [5.41, 5.74) is 8.59. The number of rotatable bonds is 9. The van der Waals surface area contributed by atoms with Gasteiger partial charge in [0.2, 0.25) is 5.91 Å². The summed E-state index contributed by atoms with van der Waals surface area (Å²) in [5.74, 6) is -1.11. The number of hydrogen-bond acceptors (Lipinski definition) is 4. The van der Waals surface area contributed by atoms with Crippen LogP contribution in [0, 0.1) is 18.7 Å². The van der Waals surface area contributed by atoms with E-state index in [2.05, 4.69) is 4.57 Å². The number of thiazole rings is 1. The second kappa shape index (κ2) is 10.5. The highest BCUT2D eigenvalue weighted by Gasteiger charge is 2.27. The molecule has 1 saturated carbocycles. The summed E-state index contributed by atoms with van der Waals surface area (Å²) in [6.07, 6.45) is 7.65. The third-order valence-electron chi connectivity index (χ3n) is 6.80. The Morgan fingerprint density at radius 2 is 1.94 bits per heavy atom. The van der Waals surface area contributed by atoms with Crippen molar-refractivity contribution in [1.29, 1.82) is 0 Å². The highest BCUT2D eigenvalue weighted by Crippen LogP contribution is 2.39. The number of hydrogen-bond donors (Lipinski definition) is 2. The lowest BCUT2D eigenvalue weighted by molar-refractivity contribution is -0.118. The molecule has 1 fully saturated rings. The first kappa shape index (κ1) is 24.1. The maximum Gasteiger partial charge on any atom is 0.337 e. The maximum atomic E-state index is 13.4. The van der Waals surface area contributed by atoms with E-state index in [0.29, 0.717) is 23.7 Å². The lowest BCUT2D eigenvalue weighted by Gasteiger charge is -2.29. The quantitative estimate of drug-likeness (QED) is 0.378. The molecule has 2 aromatic heterocycles. The van der Waals surface area contributed by atoms with Gasteiger partial charge in [-0.05, 0) is 56.0 Å². The number of benzene rings is 1. The Labute approximate surface area is 202 Å². The molecule has 180 valence electrons. The minimum atomic E-state index is -0.988. The van der Waals surface area contributed by atoms with E-state index in [1.54, 1.807) is 18.2 Å². The summed E-state index contributed by atoms with van der Waals surface area (Å²) in [5, 5.41) is 12.5. The molecule has 6 nitrogen and oxygen atoms in total. The van der Waals surface area contributed by atoms with Crippen LogP contribution in [0.3, 0.4) is 0 Å². The molecule has 0 aliphatic heterocycles. The van der Waals surface area contributed by atoms with Gasteiger partial charge in [-0.15, -0.1) is 11.3 Å². The molecule has 4 rings (SSSR count). The molecule has 0 radical (unpaired) electrons. The zero-order chi connectivity index (χ0) is 24.2. The minimum Gasteiger partial charge on any atom is -0.478 e. The van der Waals surface area contributed by atoms with Crippen molar-refractivity contribution in [2.45, 2.75) is 64.3 Å². The SMILES string of the molecule is Cc1c(C(=O)O)cc(-c2csc(-c3ccc(F)cc3)n2)n1C(CCC(N)=O)CC1CCCCC1. The Balaban J connectivity index is 1.75. The third-order valence-corrected chi connectivity index (χ3v) is 7.69. The monoisotopic (exact) mass is 483 g/mol. The van der Waals surface area contributed by atoms with Crippen molar-refractivity contribution in [1.82, 2.24) is 9.55 Å². The van der Waals surface area contributed by atoms with E-state index >= 15 is 0 Å². The Morgan fingerprint density at radius 3 is 2.59 bits per heavy atom. The summed E-state index contributed by atoms with van der Waals surface area (Å²) < 4.78 is 15.4. The molecule has 0 saturated heterocycles. The molecular formula is C26H30FN3O3S. The summed E-state index contributed by atoms with van der Waals surface area (Å²) in [7, 11) is 0. The van der Waals surface area contributed by atoms with Gasteiger partial charge < -0.3 is 15.4 Å². The number of primary amides is 1. The number of carboxylic acids is 1. The van der Waals surface area contributed by atoms with Crippen LogP contribution in [0.4, 0.5) is 4.39 Å². The molecular weight excluding hydrogens is 453 g/mol. The molecule has 1 aliphatic carbocycles. The normalized spacial score (nSPS) is 15.4. The van der Waals surface area contributed by atoms with Crippen LogP contribution in [0.2, 0.25) is 0 Å². The van der Waals surface area contributed by atoms with E-state index in [-0.39, 0.29) is 29.8 Å². The minimum absolute atomic E-state index is 0.0466. The van der Waals surface area contributed by atoms with Gasteiger partial charge >= 0.3 is 5.97 Å². The number of halogens is 1. The largest absolute Gasteiger partial charge is 0.478 e. The Morgan fingerprint density at radius 1 is 1.24 bits per heavy atom. The molecule has 34 heavy (non-hydrogen) atoms. The number of nitrogens with zero attached hydrogens (tertiary/aromatic N) is 2. The summed E-state index contributed by atoms with van der Waals surface area (Å²) in [6.45, 7) is 1.82. The van der Waals surface area contributed by atoms with Gasteiger partial charge in [-0.2, -0.15) is 0 Å². The van der Waals surface area contributed by atoms with Gasteiger partial charge in [0.1, 0.15) is 10.8 Å². The number of carbonyl (C=O) groups excluding carboxylic acids is 1. The zero-order valence-electron chi connectivity index (χ0n) is 19.3. The highest BCUT2D eigenvalue weighted by molar-refractivity contribution is 7.13. The predicted octanol–water partition coefficient (Wildman–Crippen LogP) is 6.20. The Kier molecular flexibility index (Phi) is 7.46. The first-order valence-corrected chi connectivity index (χ1v) is 12.7. The molecule has 1 aliphatic rings. The standard InChI is InChI=1S/C26H30FN3O3S/c1-16-21(26(32)33)14-23(22-15-34-25(29-22)18-7-9-19(27)10-8-18)30(16)20(11-12-24(28)31)13-17-5-3-2-4-6-17/h7-10,14-15,17,20H,2-6,11-13H2,1H3,(H2,28,31)(H,32,33). The third kappa shape index (κ3) is 5.38. The molecule has 1 amide bonds. The number of nitrogens with two attached hydrogens (primary N) is 1. The second-order valence-electron chi connectivity index (χ2n) is 9.15. The van der Waals surface area contributed by atoms with Gasteiger partial charge in [-0.25, -0.2) is 14.2 Å². The van der Waals surface area contributed by atoms with E-state index < -0.39 is 5.97 Å². The van der Waals surface area contributed by atoms with Crippen LogP contribution >= 0.6 is 11.3 Å². The molecule has 8 heteroatoms. The first-order valence-electron chi connectivity index (χ1n) is 11.8. The van der Waals surface area contributed by atoms with Gasteiger partial charge in [0.25, 0.3) is 0 Å². The molecule has 3 aromatic rings. The van der Waals surface area contributed by atoms with Crippen molar-refractivity contribution < 1.29 is 19.1 Å². The maximum absolute atomic E-state index is 13.4. The number of aromatic carboxylic acids is 1. The molecule has 0 spiro atoms. The van der Waals surface area contributed by atoms with Crippen LogP contribution in [0.25, 0.3) is 22.0 Å². The van der Waals surface area contributed by atoms with Gasteiger partial charge in [0.05, 0.1) is 17.0 Å². The van der Waals surface area contributed by atoms with Crippen molar-refractivity contribution in [3.8, 4) is 22.0 Å². The van der Waals surface area contributed by atoms with Crippen LogP contribution in [-0.4, -0.2) is 26.5 Å². The summed E-state index contributed by atoms with van der Waals surface area (Å²) >= 11 is 1.43. The number of carboxylic acid groups (broad SMARTS) is 1. The van der Waals surface area contributed by atoms with Gasteiger partial charge in [0, 0.05) is 29.1 Å². The van der Waals surface area contributed by atoms with Crippen LogP contribution in [0.5, 0.6) is 0 Å². The van der Waals surface area contributed by atoms with E-state index in [1.807, 2.05) is 12.3 Å². The van der Waals surface area contributed by atoms with Gasteiger partial charge in [0.15, 0.2) is 0 Å². The van der Waals surface area contributed by atoms with Crippen molar-refractivity contribution in [2.24, 2.45) is 11.7 Å². The number of carbonyl (C=O) groups is 2. The fourth-order valence-corrected chi connectivity index (χ4v) is 5.91. The van der Waals surface area contributed by atoms with Crippen LogP contribution in [0.15, 0.2) is 35.7 Å². The Bertz CT molecular complexity index is 1160. The molecule has 1 aromatic carbocycles. The van der Waals surface area contributed by atoms with Crippen molar-refractivity contribution in [3.63, 3.8) is 0 Å². The fraction of sp³-hybridized carbons (Fsp3) is 0.423. The van der Waals surface area contributed by atoms with E-state index in [9.17, 15) is 19.1 Å². The van der Waals surface area contributed by atoms with Crippen molar-refractivity contribution >= 4 is 23.2 Å². The number of aromatic nitrogens is 2. The average molecular weight is 484 g/mol. The van der Waals surface area contributed by atoms with Gasteiger partial charge in [-0.3, -0.25) is 4.79 Å². The first-order chi connectivity index (χ1) is 16.3. The average Bonchev–Trinajstić information content (AvgIpc) is 3.43. The smallest absolute Gasteiger partial charge is 0.337 e. The molecule has 1 atom stereocenters. The Hall–Kier alpha value is -3.00. The molecule has 1 unspecified atom stereocenters. The van der Waals surface area contributed by atoms with E-state index in [4.69, 9.17) is 10.7 Å². The predicted molar refractivity (Wildman–Crippen MR) is 131 cm³/mol. The van der Waals surface area contributed by atoms with E-state index in [0.717, 1.165) is 35.5 Å². The topological polar surface area (TPSA) is 98.2 Å². The summed E-state index contributed by atoms with van der Waals surface area (Å²) in [4.78, 5) is 28.4. The fourth-order valence-electron chi connectivity index (χ4n) is 5.09. The number of amides is 1. The highest BCUT2D eigenvalue weighted by atomic mass is 32.1. The van der Waals surface area contributed by atoms with Crippen molar-refractivity contribution in [2.75, 3.05) is 0 Å². The van der Waals surface area contributed by atoms with Crippen LogP contribution in [0.1, 0.15) is 73.5 Å². The second-order valence-corrected chi connectivity index (χ2v) is 10.0. The van der Waals surface area contributed by atoms with Crippen molar-refractivity contribution in [3.05, 3.63) is 52.8 Å². The molecule has 2 heterocycles. The van der Waals surface area contributed by atoms with Crippen LogP contribution < -0.4 is 5.73 Å². The summed E-state index contributed by atoms with van der Waals surface area (Å²) in [6, 6.07) is 7.80. The van der Waals surface area contributed by atoms with Gasteiger partial charge in [-0.1, -0.05) is 32.1 Å². The zero-order valence-corrected chi connectivity index (χ0v) is 20.1. The van der Waals surface area contributed by atoms with Crippen LogP contribution in [-0.2, 0) is 4.79 Å². The lowest BCUT2D eigenvalue weighted by atomic mass is 9.83. The lowest BCUT2D eigenvalue weighted by Crippen LogP contribution is -2.21. The molecule has 0 bridgehead atoms. The molecule has 3 N–H and O–H groups in total. The van der Waals surface area contributed by atoms with E-state index in [1.165, 1.54) is 42.7 Å².